The molecule has 0 fully saturated rings. The summed E-state index contributed by atoms with van der Waals surface area (Å²) in [4.78, 5) is 0. The average molecular weight is 303 g/mol. The number of hydrogen-bond donors (Lipinski definition) is 0. The Labute approximate surface area is 113 Å². The molecule has 17 heavy (non-hydrogen) atoms. The molecule has 0 nitrogen and oxygen atoms in total. The minimum Gasteiger partial charge on any atom is -0.131 e. The van der Waals surface area contributed by atoms with Crippen LogP contribution in [0, 0.1) is 0 Å². The summed E-state index contributed by atoms with van der Waals surface area (Å²) in [6.07, 6.45) is 2.30. The predicted octanol–water partition coefficient (Wildman–Crippen LogP) is 4.27. The number of rotatable bonds is 5. The lowest BCUT2D eigenvalue weighted by molar-refractivity contribution is 0.815. The summed E-state index contributed by atoms with van der Waals surface area (Å²) in [7, 11) is 0.812. The second-order valence-electron chi connectivity index (χ2n) is 4.19. The summed E-state index contributed by atoms with van der Waals surface area (Å²) >= 11 is 3.66. The van der Waals surface area contributed by atoms with Crippen molar-refractivity contribution in [2.45, 2.75) is 18.4 Å². The molecule has 2 aromatic carbocycles. The Kier molecular flexibility index (Phi) is 5.01. The van der Waals surface area contributed by atoms with Gasteiger partial charge in [0.25, 0.3) is 0 Å². The second kappa shape index (κ2) is 6.77. The highest BCUT2D eigenvalue weighted by atomic mass is 79.9. The molecule has 0 unspecified atom stereocenters. The maximum atomic E-state index is 3.66. The first-order chi connectivity index (χ1) is 8.38. The first-order valence-corrected chi connectivity index (χ1v) is 9.16. The molecule has 0 aliphatic heterocycles. The van der Waals surface area contributed by atoms with Crippen molar-refractivity contribution in [1.82, 2.24) is 0 Å². The van der Waals surface area contributed by atoms with Gasteiger partial charge in [-0.05, 0) is 29.5 Å². The smallest absolute Gasteiger partial charge is 0.131 e. The van der Waals surface area contributed by atoms with Gasteiger partial charge >= 0.3 is 0 Å². The summed E-state index contributed by atoms with van der Waals surface area (Å²) in [6.45, 7) is 0. The van der Waals surface area contributed by atoms with Crippen LogP contribution in [-0.4, -0.2) is 8.14 Å². The molecule has 0 saturated carbocycles. The van der Waals surface area contributed by atoms with E-state index in [9.17, 15) is 0 Å². The van der Waals surface area contributed by atoms with Crippen LogP contribution >= 0.6 is 15.3 Å². The third-order valence-corrected chi connectivity index (χ3v) is 5.46. The Hall–Kier alpha value is -0.863. The van der Waals surface area contributed by atoms with E-state index in [-0.39, 0.29) is 0 Å². The molecule has 0 saturated heterocycles. The highest BCUT2D eigenvalue weighted by Gasteiger charge is 2.10. The van der Waals surface area contributed by atoms with E-state index in [1.807, 2.05) is 0 Å². The van der Waals surface area contributed by atoms with Crippen molar-refractivity contribution in [1.29, 1.82) is 0 Å². The molecule has 0 amide bonds. The van der Waals surface area contributed by atoms with Gasteiger partial charge in [-0.2, -0.15) is 0 Å². The molecule has 0 N–H and O–H groups in total. The van der Waals surface area contributed by atoms with Crippen LogP contribution in [0.2, 0.25) is 5.54 Å². The van der Waals surface area contributed by atoms with Gasteiger partial charge in [0, 0.05) is 0 Å². The molecule has 0 aromatic heterocycles. The van der Waals surface area contributed by atoms with Crippen molar-refractivity contribution in [2.24, 2.45) is 0 Å². The predicted molar refractivity (Wildman–Crippen MR) is 78.7 cm³/mol. The van der Waals surface area contributed by atoms with Crippen LogP contribution in [0.25, 0.3) is 0 Å². The summed E-state index contributed by atoms with van der Waals surface area (Å²) < 4.78 is 0. The van der Waals surface area contributed by atoms with Gasteiger partial charge in [0.1, 0.15) is 8.14 Å². The summed E-state index contributed by atoms with van der Waals surface area (Å²) in [5, 5.41) is 0. The minimum absolute atomic E-state index is 0.694. The molecule has 0 aliphatic rings. The van der Waals surface area contributed by atoms with Gasteiger partial charge in [-0.3, -0.25) is 0 Å². The van der Waals surface area contributed by atoms with Crippen molar-refractivity contribution in [3.8, 4) is 0 Å². The van der Waals surface area contributed by atoms with Crippen molar-refractivity contribution in [3.63, 3.8) is 0 Å². The summed E-state index contributed by atoms with van der Waals surface area (Å²) in [5.41, 5.74) is 3.56. The maximum Gasteiger partial charge on any atom is 0.141 e. The van der Waals surface area contributed by atoms with Crippen molar-refractivity contribution in [2.75, 3.05) is 0 Å². The Morgan fingerprint density at radius 1 is 0.765 bits per heavy atom. The Balaban J connectivity index is 1.98. The molecule has 2 radical (unpaired) electrons. The van der Waals surface area contributed by atoms with E-state index in [0.29, 0.717) is 5.54 Å². The van der Waals surface area contributed by atoms with Crippen molar-refractivity contribution >= 4 is 23.4 Å². The number of hydrogen-bond acceptors (Lipinski definition) is 0. The van der Waals surface area contributed by atoms with Gasteiger partial charge in [-0.25, -0.2) is 0 Å². The first kappa shape index (κ1) is 12.6. The van der Waals surface area contributed by atoms with Crippen molar-refractivity contribution < 1.29 is 0 Å². The SMILES string of the molecule is Br[Si]C(Cc1ccccc1)Cc1ccccc1. The Bertz CT molecular complexity index is 386. The molecular weight excluding hydrogens is 288 g/mol. The summed E-state index contributed by atoms with van der Waals surface area (Å²) in [6, 6.07) is 21.5. The van der Waals surface area contributed by atoms with Gasteiger partial charge in [-0.15, -0.1) is 15.3 Å². The standard InChI is InChI=1S/C15H15BrSi/c16-17-15(11-13-7-3-1-4-8-13)12-14-9-5-2-6-10-14/h1-10,15H,11-12H2. The zero-order chi connectivity index (χ0) is 11.9. The third kappa shape index (κ3) is 4.13. The van der Waals surface area contributed by atoms with Gasteiger partial charge in [0.2, 0.25) is 0 Å². The number of halogens is 1. The zero-order valence-electron chi connectivity index (χ0n) is 9.64. The lowest BCUT2D eigenvalue weighted by atomic mass is 10.0. The van der Waals surface area contributed by atoms with Gasteiger partial charge in [0.05, 0.1) is 0 Å². The lowest BCUT2D eigenvalue weighted by Gasteiger charge is -2.13. The molecule has 0 aliphatic carbocycles. The van der Waals surface area contributed by atoms with Crippen LogP contribution in [0.15, 0.2) is 60.7 Å². The Morgan fingerprint density at radius 2 is 1.18 bits per heavy atom. The van der Waals surface area contributed by atoms with Crippen LogP contribution in [-0.2, 0) is 12.8 Å². The van der Waals surface area contributed by atoms with E-state index >= 15 is 0 Å². The van der Waals surface area contributed by atoms with Crippen LogP contribution in [0.4, 0.5) is 0 Å². The molecule has 0 atom stereocenters. The molecule has 0 spiro atoms. The Morgan fingerprint density at radius 3 is 1.53 bits per heavy atom. The highest BCUT2D eigenvalue weighted by Crippen LogP contribution is 2.20. The summed E-state index contributed by atoms with van der Waals surface area (Å²) in [5.74, 6) is 0. The normalized spacial score (nSPS) is 10.7. The quantitative estimate of drug-likeness (QED) is 0.571. The second-order valence-corrected chi connectivity index (χ2v) is 6.59. The van der Waals surface area contributed by atoms with Gasteiger partial charge in [0.15, 0.2) is 0 Å². The van der Waals surface area contributed by atoms with E-state index in [4.69, 9.17) is 0 Å². The van der Waals surface area contributed by atoms with E-state index in [2.05, 4.69) is 76.0 Å². The van der Waals surface area contributed by atoms with Gasteiger partial charge < -0.3 is 0 Å². The van der Waals surface area contributed by atoms with Crippen LogP contribution in [0.5, 0.6) is 0 Å². The third-order valence-electron chi connectivity index (χ3n) is 2.80. The molecule has 86 valence electrons. The monoisotopic (exact) mass is 302 g/mol. The fourth-order valence-electron chi connectivity index (χ4n) is 1.95. The van der Waals surface area contributed by atoms with Crippen LogP contribution in [0.3, 0.4) is 0 Å². The highest BCUT2D eigenvalue weighted by molar-refractivity contribution is 9.23. The molecule has 2 aromatic rings. The average Bonchev–Trinajstić information content (AvgIpc) is 2.40. The largest absolute Gasteiger partial charge is 0.141 e. The topological polar surface area (TPSA) is 0 Å². The van der Waals surface area contributed by atoms with Gasteiger partial charge in [-0.1, -0.05) is 60.7 Å². The lowest BCUT2D eigenvalue weighted by Crippen LogP contribution is -2.06. The van der Waals surface area contributed by atoms with E-state index in [0.717, 1.165) is 21.0 Å². The van der Waals surface area contributed by atoms with Crippen LogP contribution < -0.4 is 0 Å². The molecular formula is C15H15BrSi. The van der Waals surface area contributed by atoms with E-state index < -0.39 is 0 Å². The molecule has 0 bridgehead atoms. The maximum absolute atomic E-state index is 3.66. The molecule has 0 heterocycles. The first-order valence-electron chi connectivity index (χ1n) is 5.82. The van der Waals surface area contributed by atoms with E-state index in [1.54, 1.807) is 0 Å². The molecule has 2 rings (SSSR count). The zero-order valence-corrected chi connectivity index (χ0v) is 12.2. The van der Waals surface area contributed by atoms with Crippen molar-refractivity contribution in [3.05, 3.63) is 71.8 Å². The fraction of sp³-hybridized carbons (Fsp3) is 0.200. The fourth-order valence-corrected chi connectivity index (χ4v) is 3.54. The van der Waals surface area contributed by atoms with Crippen LogP contribution in [0.1, 0.15) is 11.1 Å². The number of benzene rings is 2. The molecule has 2 heteroatoms. The minimum atomic E-state index is 0.694. The van der Waals surface area contributed by atoms with E-state index in [1.165, 1.54) is 11.1 Å².